The van der Waals surface area contributed by atoms with Crippen LogP contribution in [0.25, 0.3) is 6.08 Å². The van der Waals surface area contributed by atoms with Crippen molar-refractivity contribution in [2.24, 2.45) is 0 Å². The molecule has 0 aliphatic carbocycles. The summed E-state index contributed by atoms with van der Waals surface area (Å²) in [4.78, 5) is 5.24. The number of halogens is 1. The summed E-state index contributed by atoms with van der Waals surface area (Å²) in [6.07, 6.45) is 5.87. The molecule has 0 bridgehead atoms. The molecule has 0 saturated carbocycles. The number of hydrogen-bond donors (Lipinski definition) is 1. The summed E-state index contributed by atoms with van der Waals surface area (Å²) in [5, 5.41) is 3.44. The molecule has 21 heavy (non-hydrogen) atoms. The largest absolute Gasteiger partial charge is 0.314 e. The van der Waals surface area contributed by atoms with E-state index in [4.69, 9.17) is 0 Å². The van der Waals surface area contributed by atoms with Gasteiger partial charge in [0.15, 0.2) is 0 Å². The van der Waals surface area contributed by atoms with Gasteiger partial charge in [0.05, 0.1) is 0 Å². The Kier molecular flexibility index (Phi) is 6.71. The zero-order valence-electron chi connectivity index (χ0n) is 12.6. The van der Waals surface area contributed by atoms with Crippen LogP contribution in [0.2, 0.25) is 0 Å². The van der Waals surface area contributed by atoms with Crippen LogP contribution in [0.1, 0.15) is 12.0 Å². The molecule has 1 atom stereocenters. The highest BCUT2D eigenvalue weighted by Gasteiger charge is 2.27. The first-order valence-electron chi connectivity index (χ1n) is 7.80. The molecule has 3 rings (SSSR count). The van der Waals surface area contributed by atoms with E-state index in [1.165, 1.54) is 38.2 Å². The number of likely N-dealkylation sites (tertiary alicyclic amines) is 1. The third-order valence-corrected chi connectivity index (χ3v) is 4.39. The van der Waals surface area contributed by atoms with Crippen LogP contribution in [0.15, 0.2) is 36.4 Å². The fraction of sp³-hybridized carbons (Fsp3) is 0.529. The molecule has 116 valence electrons. The molecule has 2 aliphatic heterocycles. The Bertz CT molecular complexity index is 429. The second kappa shape index (κ2) is 8.54. The van der Waals surface area contributed by atoms with Crippen LogP contribution >= 0.6 is 12.4 Å². The van der Waals surface area contributed by atoms with E-state index in [0.29, 0.717) is 0 Å². The van der Waals surface area contributed by atoms with Crippen molar-refractivity contribution >= 4 is 18.5 Å². The van der Waals surface area contributed by atoms with Gasteiger partial charge in [-0.25, -0.2) is 0 Å². The van der Waals surface area contributed by atoms with Crippen LogP contribution in [0, 0.1) is 0 Å². The summed E-state index contributed by atoms with van der Waals surface area (Å²) < 4.78 is 0. The zero-order valence-corrected chi connectivity index (χ0v) is 13.4. The summed E-state index contributed by atoms with van der Waals surface area (Å²) in [5.41, 5.74) is 1.30. The third kappa shape index (κ3) is 4.82. The molecule has 3 nitrogen and oxygen atoms in total. The van der Waals surface area contributed by atoms with E-state index >= 15 is 0 Å². The standard InChI is InChI=1S/C17H25N3.ClH/c1-2-5-16(6-3-1)7-4-11-19-12-8-17(15-19)20-13-9-18-10-14-20;/h1-7,17-18H,8-15H2;1H/b7-4+;. The van der Waals surface area contributed by atoms with Gasteiger partial charge < -0.3 is 5.32 Å². The van der Waals surface area contributed by atoms with Gasteiger partial charge in [-0.1, -0.05) is 42.5 Å². The lowest BCUT2D eigenvalue weighted by Gasteiger charge is -2.32. The van der Waals surface area contributed by atoms with Crippen molar-refractivity contribution in [1.82, 2.24) is 15.1 Å². The molecule has 2 aliphatic rings. The first-order chi connectivity index (χ1) is 9.92. The predicted molar refractivity (Wildman–Crippen MR) is 92.0 cm³/mol. The SMILES string of the molecule is C(=C\c1ccccc1)/CN1CCC(N2CCNCC2)C1.Cl. The molecule has 0 amide bonds. The molecule has 2 saturated heterocycles. The first-order valence-corrected chi connectivity index (χ1v) is 7.80. The average molecular weight is 308 g/mol. The third-order valence-electron chi connectivity index (χ3n) is 4.39. The second-order valence-corrected chi connectivity index (χ2v) is 5.80. The van der Waals surface area contributed by atoms with E-state index in [2.05, 4.69) is 57.6 Å². The molecule has 2 heterocycles. The smallest absolute Gasteiger partial charge is 0.0236 e. The molecule has 4 heteroatoms. The quantitative estimate of drug-likeness (QED) is 0.919. The summed E-state index contributed by atoms with van der Waals surface area (Å²) in [6.45, 7) is 8.32. The van der Waals surface area contributed by atoms with Crippen LogP contribution in [-0.4, -0.2) is 61.7 Å². The van der Waals surface area contributed by atoms with Gasteiger partial charge in [-0.3, -0.25) is 9.80 Å². The fourth-order valence-electron chi connectivity index (χ4n) is 3.23. The van der Waals surface area contributed by atoms with Crippen LogP contribution < -0.4 is 5.32 Å². The van der Waals surface area contributed by atoms with E-state index < -0.39 is 0 Å². The minimum absolute atomic E-state index is 0. The minimum atomic E-state index is 0. The van der Waals surface area contributed by atoms with E-state index in [9.17, 15) is 0 Å². The lowest BCUT2D eigenvalue weighted by molar-refractivity contribution is 0.173. The fourth-order valence-corrected chi connectivity index (χ4v) is 3.23. The Hall–Kier alpha value is -0.870. The molecule has 2 fully saturated rings. The highest BCUT2D eigenvalue weighted by molar-refractivity contribution is 5.85. The van der Waals surface area contributed by atoms with E-state index in [1.54, 1.807) is 0 Å². The van der Waals surface area contributed by atoms with Crippen molar-refractivity contribution in [3.8, 4) is 0 Å². The van der Waals surface area contributed by atoms with Gasteiger partial charge in [-0.05, 0) is 12.0 Å². The summed E-state index contributed by atoms with van der Waals surface area (Å²) in [7, 11) is 0. The lowest BCUT2D eigenvalue weighted by Crippen LogP contribution is -2.49. The maximum absolute atomic E-state index is 3.44. The van der Waals surface area contributed by atoms with Crippen molar-refractivity contribution in [3.63, 3.8) is 0 Å². The Morgan fingerprint density at radius 2 is 1.86 bits per heavy atom. The van der Waals surface area contributed by atoms with Gasteiger partial charge in [-0.2, -0.15) is 0 Å². The minimum Gasteiger partial charge on any atom is -0.314 e. The van der Waals surface area contributed by atoms with Crippen molar-refractivity contribution in [2.45, 2.75) is 12.5 Å². The van der Waals surface area contributed by atoms with Gasteiger partial charge in [0.2, 0.25) is 0 Å². The molecule has 0 radical (unpaired) electrons. The van der Waals surface area contributed by atoms with Crippen LogP contribution in [0.3, 0.4) is 0 Å². The van der Waals surface area contributed by atoms with Gasteiger partial charge in [0.25, 0.3) is 0 Å². The normalized spacial score (nSPS) is 24.3. The maximum Gasteiger partial charge on any atom is 0.0236 e. The Labute approximate surface area is 134 Å². The lowest BCUT2D eigenvalue weighted by atomic mass is 10.2. The van der Waals surface area contributed by atoms with Crippen molar-refractivity contribution in [2.75, 3.05) is 45.8 Å². The highest BCUT2D eigenvalue weighted by Crippen LogP contribution is 2.16. The van der Waals surface area contributed by atoms with E-state index in [-0.39, 0.29) is 12.4 Å². The first kappa shape index (κ1) is 16.5. The topological polar surface area (TPSA) is 18.5 Å². The van der Waals surface area contributed by atoms with Gasteiger partial charge in [-0.15, -0.1) is 12.4 Å². The molecular weight excluding hydrogens is 282 g/mol. The molecule has 0 aromatic heterocycles. The van der Waals surface area contributed by atoms with Crippen molar-refractivity contribution in [1.29, 1.82) is 0 Å². The van der Waals surface area contributed by atoms with Crippen molar-refractivity contribution in [3.05, 3.63) is 42.0 Å². The van der Waals surface area contributed by atoms with Crippen molar-refractivity contribution < 1.29 is 0 Å². The maximum atomic E-state index is 3.44. The Morgan fingerprint density at radius 1 is 1.10 bits per heavy atom. The molecular formula is C17H26ClN3. The molecule has 1 N–H and O–H groups in total. The van der Waals surface area contributed by atoms with Crippen LogP contribution in [-0.2, 0) is 0 Å². The Balaban J connectivity index is 0.00000161. The monoisotopic (exact) mass is 307 g/mol. The number of nitrogens with one attached hydrogen (secondary N) is 1. The predicted octanol–water partition coefficient (Wildman–Crippen LogP) is 2.10. The molecule has 1 unspecified atom stereocenters. The van der Waals surface area contributed by atoms with Gasteiger partial charge in [0.1, 0.15) is 0 Å². The van der Waals surface area contributed by atoms with E-state index in [0.717, 1.165) is 25.7 Å². The number of rotatable bonds is 4. The molecule has 1 aromatic carbocycles. The molecule has 1 aromatic rings. The zero-order chi connectivity index (χ0) is 13.6. The van der Waals surface area contributed by atoms with Crippen LogP contribution in [0.5, 0.6) is 0 Å². The summed E-state index contributed by atoms with van der Waals surface area (Å²) >= 11 is 0. The molecule has 0 spiro atoms. The van der Waals surface area contributed by atoms with Crippen LogP contribution in [0.4, 0.5) is 0 Å². The van der Waals surface area contributed by atoms with Gasteiger partial charge >= 0.3 is 0 Å². The number of piperazine rings is 1. The second-order valence-electron chi connectivity index (χ2n) is 5.80. The highest BCUT2D eigenvalue weighted by atomic mass is 35.5. The number of nitrogens with zero attached hydrogens (tertiary/aromatic N) is 2. The number of benzene rings is 1. The Morgan fingerprint density at radius 3 is 2.62 bits per heavy atom. The number of hydrogen-bond acceptors (Lipinski definition) is 3. The van der Waals surface area contributed by atoms with Gasteiger partial charge in [0, 0.05) is 51.9 Å². The summed E-state index contributed by atoms with van der Waals surface area (Å²) in [5.74, 6) is 0. The average Bonchev–Trinajstić information content (AvgIpc) is 2.98. The van der Waals surface area contributed by atoms with E-state index in [1.807, 2.05) is 0 Å². The summed E-state index contributed by atoms with van der Waals surface area (Å²) in [6, 6.07) is 11.3.